The summed E-state index contributed by atoms with van der Waals surface area (Å²) in [7, 11) is 0. The summed E-state index contributed by atoms with van der Waals surface area (Å²) in [6, 6.07) is 14.2. The Morgan fingerprint density at radius 2 is 1.93 bits per heavy atom. The topological polar surface area (TPSA) is 50.8 Å². The molecule has 1 atom stereocenters. The third-order valence-corrected chi connectivity index (χ3v) is 5.30. The highest BCUT2D eigenvalue weighted by molar-refractivity contribution is 5.82. The van der Waals surface area contributed by atoms with Crippen LogP contribution in [0.3, 0.4) is 0 Å². The molecule has 1 unspecified atom stereocenters. The van der Waals surface area contributed by atoms with Gasteiger partial charge in [-0.2, -0.15) is 0 Å². The molecular weight excluding hydrogens is 340 g/mol. The smallest absolute Gasteiger partial charge is 0.242 e. The van der Waals surface area contributed by atoms with Gasteiger partial charge in [-0.05, 0) is 49.1 Å². The molecule has 1 N–H and O–H groups in total. The number of fused-ring (bicyclic) bond motifs is 1. The summed E-state index contributed by atoms with van der Waals surface area (Å²) < 4.78 is 11.5. The van der Waals surface area contributed by atoms with Gasteiger partial charge in [0.1, 0.15) is 0 Å². The van der Waals surface area contributed by atoms with E-state index in [1.54, 1.807) is 0 Å². The number of carbonyl (C=O) groups is 1. The van der Waals surface area contributed by atoms with Crippen molar-refractivity contribution in [3.05, 3.63) is 53.6 Å². The van der Waals surface area contributed by atoms with E-state index in [0.717, 1.165) is 54.1 Å². The van der Waals surface area contributed by atoms with Crippen molar-refractivity contribution >= 4 is 11.6 Å². The van der Waals surface area contributed by atoms with Crippen molar-refractivity contribution in [2.75, 3.05) is 31.6 Å². The monoisotopic (exact) mass is 366 g/mol. The molecule has 0 aliphatic carbocycles. The van der Waals surface area contributed by atoms with Crippen LogP contribution in [0.25, 0.3) is 0 Å². The molecule has 27 heavy (non-hydrogen) atoms. The first kappa shape index (κ1) is 17.7. The van der Waals surface area contributed by atoms with E-state index < -0.39 is 0 Å². The average Bonchev–Trinajstić information content (AvgIpc) is 3.06. The van der Waals surface area contributed by atoms with Crippen LogP contribution in [0.15, 0.2) is 42.5 Å². The van der Waals surface area contributed by atoms with Crippen LogP contribution in [-0.4, -0.2) is 37.1 Å². The fraction of sp³-hybridized carbons (Fsp3) is 0.409. The molecule has 2 heterocycles. The number of hydrogen-bond donors (Lipinski definition) is 1. The van der Waals surface area contributed by atoms with Gasteiger partial charge in [0.25, 0.3) is 0 Å². The fourth-order valence-electron chi connectivity index (χ4n) is 3.84. The lowest BCUT2D eigenvalue weighted by atomic mass is 10.0. The maximum absolute atomic E-state index is 12.9. The average molecular weight is 366 g/mol. The Balaban J connectivity index is 1.46. The van der Waals surface area contributed by atoms with Gasteiger partial charge in [0.15, 0.2) is 11.5 Å². The van der Waals surface area contributed by atoms with E-state index in [2.05, 4.69) is 11.4 Å². The lowest BCUT2D eigenvalue weighted by Gasteiger charge is -2.26. The van der Waals surface area contributed by atoms with Crippen LogP contribution in [0.1, 0.15) is 36.4 Å². The van der Waals surface area contributed by atoms with Gasteiger partial charge in [0, 0.05) is 18.7 Å². The second-order valence-electron chi connectivity index (χ2n) is 7.17. The van der Waals surface area contributed by atoms with Crippen molar-refractivity contribution < 1.29 is 14.3 Å². The highest BCUT2D eigenvalue weighted by Crippen LogP contribution is 2.37. The van der Waals surface area contributed by atoms with Crippen molar-refractivity contribution in [3.8, 4) is 11.5 Å². The Hall–Kier alpha value is -2.69. The first-order chi connectivity index (χ1) is 13.2. The molecule has 0 saturated carbocycles. The van der Waals surface area contributed by atoms with Gasteiger partial charge in [0.05, 0.1) is 25.8 Å². The first-order valence-corrected chi connectivity index (χ1v) is 9.71. The van der Waals surface area contributed by atoms with Crippen molar-refractivity contribution in [2.45, 2.75) is 32.2 Å². The second-order valence-corrected chi connectivity index (χ2v) is 7.17. The quantitative estimate of drug-likeness (QED) is 0.891. The lowest BCUT2D eigenvalue weighted by molar-refractivity contribution is -0.130. The van der Waals surface area contributed by atoms with E-state index in [0.29, 0.717) is 19.8 Å². The molecule has 2 aliphatic heterocycles. The normalized spacial score (nSPS) is 18.9. The van der Waals surface area contributed by atoms with Crippen molar-refractivity contribution in [3.63, 3.8) is 0 Å². The van der Waals surface area contributed by atoms with Gasteiger partial charge in [-0.15, -0.1) is 0 Å². The number of nitrogens with one attached hydrogen (secondary N) is 1. The predicted octanol–water partition coefficient (Wildman–Crippen LogP) is 3.93. The number of benzene rings is 2. The molecule has 0 bridgehead atoms. The summed E-state index contributed by atoms with van der Waals surface area (Å²) in [4.78, 5) is 14.9. The van der Waals surface area contributed by atoms with Gasteiger partial charge in [-0.3, -0.25) is 4.79 Å². The van der Waals surface area contributed by atoms with Crippen LogP contribution in [0.5, 0.6) is 11.5 Å². The van der Waals surface area contributed by atoms with E-state index >= 15 is 0 Å². The zero-order valence-electron chi connectivity index (χ0n) is 15.7. The number of aryl methyl sites for hydroxylation is 1. The number of carbonyl (C=O) groups excluding carboxylic acids is 1. The molecule has 4 rings (SSSR count). The van der Waals surface area contributed by atoms with E-state index in [4.69, 9.17) is 9.47 Å². The molecule has 2 aliphatic rings. The molecule has 2 aromatic carbocycles. The maximum atomic E-state index is 12.9. The Kier molecular flexibility index (Phi) is 5.19. The lowest BCUT2D eigenvalue weighted by Crippen LogP contribution is -2.35. The minimum atomic E-state index is 0.105. The molecule has 1 fully saturated rings. The number of para-hydroxylation sites is 1. The maximum Gasteiger partial charge on any atom is 0.242 e. The summed E-state index contributed by atoms with van der Waals surface area (Å²) in [5.41, 5.74) is 3.28. The number of ether oxygens (including phenoxy) is 2. The number of anilines is 1. The van der Waals surface area contributed by atoms with E-state index in [1.807, 2.05) is 48.2 Å². The minimum Gasteiger partial charge on any atom is -0.490 e. The molecule has 2 aromatic rings. The fourth-order valence-corrected chi connectivity index (χ4v) is 3.84. The largest absolute Gasteiger partial charge is 0.490 e. The highest BCUT2D eigenvalue weighted by Gasteiger charge is 2.30. The SMILES string of the molecule is Cc1ccccc1NCC(=O)N1CCCC1c1ccc2c(c1)OCCCO2. The van der Waals surface area contributed by atoms with Gasteiger partial charge in [-0.1, -0.05) is 24.3 Å². The molecule has 142 valence electrons. The molecule has 5 heteroatoms. The Morgan fingerprint density at radius 1 is 1.11 bits per heavy atom. The van der Waals surface area contributed by atoms with Crippen LogP contribution >= 0.6 is 0 Å². The van der Waals surface area contributed by atoms with Crippen LogP contribution in [-0.2, 0) is 4.79 Å². The highest BCUT2D eigenvalue weighted by atomic mass is 16.5. The van der Waals surface area contributed by atoms with Crippen LogP contribution in [0, 0.1) is 6.92 Å². The zero-order chi connectivity index (χ0) is 18.6. The second kappa shape index (κ2) is 7.91. The summed E-state index contributed by atoms with van der Waals surface area (Å²) in [5.74, 6) is 1.73. The third-order valence-electron chi connectivity index (χ3n) is 5.30. The van der Waals surface area contributed by atoms with Gasteiger partial charge in [0.2, 0.25) is 5.91 Å². The summed E-state index contributed by atoms with van der Waals surface area (Å²) >= 11 is 0. The van der Waals surface area contributed by atoms with Crippen molar-refractivity contribution in [1.29, 1.82) is 0 Å². The summed E-state index contributed by atoms with van der Waals surface area (Å²) in [5, 5.41) is 3.28. The Morgan fingerprint density at radius 3 is 2.78 bits per heavy atom. The predicted molar refractivity (Wildman–Crippen MR) is 105 cm³/mol. The number of nitrogens with zero attached hydrogens (tertiary/aromatic N) is 1. The summed E-state index contributed by atoms with van der Waals surface area (Å²) in [6.45, 7) is 4.51. The molecule has 1 amide bonds. The third kappa shape index (κ3) is 3.87. The van der Waals surface area contributed by atoms with Gasteiger partial charge >= 0.3 is 0 Å². The number of hydrogen-bond acceptors (Lipinski definition) is 4. The molecule has 0 radical (unpaired) electrons. The molecule has 1 saturated heterocycles. The zero-order valence-corrected chi connectivity index (χ0v) is 15.7. The van der Waals surface area contributed by atoms with E-state index in [9.17, 15) is 4.79 Å². The molecule has 0 aromatic heterocycles. The standard InChI is InChI=1S/C22H26N2O3/c1-16-6-2-3-7-18(16)23-15-22(25)24-11-4-8-19(24)17-9-10-20-21(14-17)27-13-5-12-26-20/h2-3,6-7,9-10,14,19,23H,4-5,8,11-13,15H2,1H3. The number of amides is 1. The van der Waals surface area contributed by atoms with Gasteiger partial charge < -0.3 is 19.7 Å². The minimum absolute atomic E-state index is 0.105. The van der Waals surface area contributed by atoms with Crippen molar-refractivity contribution in [2.24, 2.45) is 0 Å². The van der Waals surface area contributed by atoms with Crippen LogP contribution in [0.2, 0.25) is 0 Å². The van der Waals surface area contributed by atoms with Crippen molar-refractivity contribution in [1.82, 2.24) is 4.90 Å². The molecular formula is C22H26N2O3. The summed E-state index contributed by atoms with van der Waals surface area (Å²) in [6.07, 6.45) is 2.90. The molecule has 5 nitrogen and oxygen atoms in total. The Labute approximate surface area is 160 Å². The first-order valence-electron chi connectivity index (χ1n) is 9.71. The van der Waals surface area contributed by atoms with Crippen LogP contribution in [0.4, 0.5) is 5.69 Å². The molecule has 0 spiro atoms. The Bertz CT molecular complexity index is 821. The van der Waals surface area contributed by atoms with Crippen LogP contribution < -0.4 is 14.8 Å². The van der Waals surface area contributed by atoms with E-state index in [-0.39, 0.29) is 11.9 Å². The van der Waals surface area contributed by atoms with Gasteiger partial charge in [-0.25, -0.2) is 0 Å². The number of likely N-dealkylation sites (tertiary alicyclic amines) is 1. The van der Waals surface area contributed by atoms with E-state index in [1.165, 1.54) is 0 Å². The number of rotatable bonds is 4.